The average Bonchev–Trinajstić information content (AvgIpc) is 3.16. The summed E-state index contributed by atoms with van der Waals surface area (Å²) in [5, 5.41) is 7.31. The normalized spacial score (nSPS) is 16.5. The van der Waals surface area contributed by atoms with Gasteiger partial charge in [0, 0.05) is 22.9 Å². The number of fused-ring (bicyclic) bond motifs is 1. The molecule has 1 aliphatic carbocycles. The second-order valence-corrected chi connectivity index (χ2v) is 9.24. The number of nitrogens with one attached hydrogen (secondary N) is 2. The van der Waals surface area contributed by atoms with Gasteiger partial charge in [0.25, 0.3) is 5.91 Å². The molecule has 152 valence electrons. The van der Waals surface area contributed by atoms with Gasteiger partial charge in [-0.3, -0.25) is 9.59 Å². The molecule has 1 aliphatic heterocycles. The summed E-state index contributed by atoms with van der Waals surface area (Å²) >= 11 is 2.84. The summed E-state index contributed by atoms with van der Waals surface area (Å²) in [6.45, 7) is 0. The number of amides is 2. The standard InChI is InChI=1S/C21H23N3O3S2/c1-27-15-9-7-14(8-10-15)22-19(26)16-11-12-17-20(28-16)24-21(29-17)23-18(25)13-5-3-2-4-6-13/h7-11,13H,2-6,12H2,1H3,(H,22,26)(H,23,24,25). The number of aromatic nitrogens is 1. The van der Waals surface area contributed by atoms with Crippen LogP contribution in [0.5, 0.6) is 5.75 Å². The van der Waals surface area contributed by atoms with Crippen LogP contribution in [-0.2, 0) is 16.0 Å². The molecule has 0 unspecified atom stereocenters. The van der Waals surface area contributed by atoms with Gasteiger partial charge in [-0.2, -0.15) is 0 Å². The van der Waals surface area contributed by atoms with E-state index < -0.39 is 0 Å². The fourth-order valence-electron chi connectivity index (χ4n) is 3.51. The summed E-state index contributed by atoms with van der Waals surface area (Å²) in [6.07, 6.45) is 7.95. The maximum absolute atomic E-state index is 12.6. The molecule has 2 aromatic rings. The molecule has 4 rings (SSSR count). The fourth-order valence-corrected chi connectivity index (χ4v) is 5.49. The van der Waals surface area contributed by atoms with Crippen LogP contribution < -0.4 is 15.4 Å². The van der Waals surface area contributed by atoms with Crippen molar-refractivity contribution < 1.29 is 14.3 Å². The van der Waals surface area contributed by atoms with E-state index in [-0.39, 0.29) is 17.7 Å². The first-order valence-electron chi connectivity index (χ1n) is 9.76. The Bertz CT molecular complexity index is 931. The minimum atomic E-state index is -0.161. The van der Waals surface area contributed by atoms with Crippen LogP contribution in [0.1, 0.15) is 37.0 Å². The molecule has 2 amide bonds. The van der Waals surface area contributed by atoms with Crippen LogP contribution in [0, 0.1) is 5.92 Å². The zero-order chi connectivity index (χ0) is 20.2. The monoisotopic (exact) mass is 429 g/mol. The van der Waals surface area contributed by atoms with Crippen LogP contribution in [0.15, 0.2) is 40.3 Å². The quantitative estimate of drug-likeness (QED) is 0.711. The number of allylic oxidation sites excluding steroid dienone is 1. The number of rotatable bonds is 5. The summed E-state index contributed by atoms with van der Waals surface area (Å²) in [5.74, 6) is 0.753. The van der Waals surface area contributed by atoms with Gasteiger partial charge in [-0.1, -0.05) is 37.1 Å². The number of nitrogens with zero attached hydrogens (tertiary/aromatic N) is 1. The van der Waals surface area contributed by atoms with E-state index in [0.29, 0.717) is 22.1 Å². The van der Waals surface area contributed by atoms with Crippen molar-refractivity contribution in [3.8, 4) is 5.75 Å². The van der Waals surface area contributed by atoms with Crippen molar-refractivity contribution in [1.29, 1.82) is 0 Å². The van der Waals surface area contributed by atoms with Crippen molar-refractivity contribution in [2.75, 3.05) is 17.7 Å². The van der Waals surface area contributed by atoms with E-state index in [1.807, 2.05) is 6.08 Å². The van der Waals surface area contributed by atoms with Crippen LogP contribution >= 0.6 is 23.1 Å². The molecule has 2 N–H and O–H groups in total. The van der Waals surface area contributed by atoms with Gasteiger partial charge in [0.1, 0.15) is 10.8 Å². The minimum absolute atomic E-state index is 0.0752. The summed E-state index contributed by atoms with van der Waals surface area (Å²) in [7, 11) is 1.61. The second kappa shape index (κ2) is 9.00. The Labute approximate surface area is 178 Å². The van der Waals surface area contributed by atoms with Gasteiger partial charge < -0.3 is 15.4 Å². The van der Waals surface area contributed by atoms with Crippen molar-refractivity contribution >= 4 is 45.7 Å². The van der Waals surface area contributed by atoms with Crippen LogP contribution in [-0.4, -0.2) is 23.9 Å². The number of methoxy groups -OCH3 is 1. The molecule has 2 aliphatic rings. The molecule has 1 aromatic heterocycles. The Kier molecular flexibility index (Phi) is 6.20. The predicted octanol–water partition coefficient (Wildman–Crippen LogP) is 4.84. The van der Waals surface area contributed by atoms with Crippen molar-refractivity contribution in [3.63, 3.8) is 0 Å². The molecular weight excluding hydrogens is 406 g/mol. The Morgan fingerprint density at radius 1 is 1.10 bits per heavy atom. The Morgan fingerprint density at radius 2 is 1.86 bits per heavy atom. The lowest BCUT2D eigenvalue weighted by Gasteiger charge is -2.19. The van der Waals surface area contributed by atoms with Crippen molar-refractivity contribution in [1.82, 2.24) is 4.98 Å². The van der Waals surface area contributed by atoms with E-state index in [0.717, 1.165) is 41.3 Å². The largest absolute Gasteiger partial charge is 0.497 e. The molecule has 0 bridgehead atoms. The highest BCUT2D eigenvalue weighted by molar-refractivity contribution is 8.04. The molecule has 1 saturated carbocycles. The lowest BCUT2D eigenvalue weighted by Crippen LogP contribution is -2.24. The molecule has 2 heterocycles. The highest BCUT2D eigenvalue weighted by atomic mass is 32.2. The Hall–Kier alpha value is -2.32. The molecule has 0 spiro atoms. The number of anilines is 2. The number of thiazole rings is 1. The maximum Gasteiger partial charge on any atom is 0.262 e. The van der Waals surface area contributed by atoms with Crippen LogP contribution in [0.2, 0.25) is 0 Å². The number of hydrogen-bond donors (Lipinski definition) is 2. The first kappa shape index (κ1) is 20.0. The molecule has 6 nitrogen and oxygen atoms in total. The maximum atomic E-state index is 12.6. The van der Waals surface area contributed by atoms with Crippen molar-refractivity contribution in [2.24, 2.45) is 5.92 Å². The third kappa shape index (κ3) is 4.82. The first-order chi connectivity index (χ1) is 14.1. The van der Waals surface area contributed by atoms with Crippen molar-refractivity contribution in [2.45, 2.75) is 43.6 Å². The van der Waals surface area contributed by atoms with E-state index in [2.05, 4.69) is 15.6 Å². The van der Waals surface area contributed by atoms with Crippen molar-refractivity contribution in [3.05, 3.63) is 40.1 Å². The van der Waals surface area contributed by atoms with Crippen LogP contribution in [0.3, 0.4) is 0 Å². The molecule has 8 heteroatoms. The van der Waals surface area contributed by atoms with E-state index in [1.54, 1.807) is 31.4 Å². The highest BCUT2D eigenvalue weighted by Crippen LogP contribution is 2.39. The van der Waals surface area contributed by atoms with E-state index in [4.69, 9.17) is 4.74 Å². The number of ether oxygens (including phenoxy) is 1. The van der Waals surface area contributed by atoms with Gasteiger partial charge >= 0.3 is 0 Å². The summed E-state index contributed by atoms with van der Waals surface area (Å²) in [5.41, 5.74) is 0.710. The van der Waals surface area contributed by atoms with E-state index in [1.165, 1.54) is 29.5 Å². The van der Waals surface area contributed by atoms with Gasteiger partial charge in [-0.25, -0.2) is 4.98 Å². The number of benzene rings is 1. The Balaban J connectivity index is 1.36. The lowest BCUT2D eigenvalue weighted by molar-refractivity contribution is -0.120. The van der Waals surface area contributed by atoms with Gasteiger partial charge in [-0.15, -0.1) is 11.3 Å². The third-order valence-electron chi connectivity index (χ3n) is 5.12. The fraction of sp³-hybridized carbons (Fsp3) is 0.381. The van der Waals surface area contributed by atoms with Gasteiger partial charge in [0.05, 0.1) is 12.0 Å². The zero-order valence-electron chi connectivity index (χ0n) is 16.2. The molecule has 1 fully saturated rings. The highest BCUT2D eigenvalue weighted by Gasteiger charge is 2.25. The SMILES string of the molecule is COc1ccc(NC(=O)C2=CCc3sc(NC(=O)C4CCCCC4)nc3S2)cc1. The summed E-state index contributed by atoms with van der Waals surface area (Å²) < 4.78 is 5.13. The average molecular weight is 430 g/mol. The predicted molar refractivity (Wildman–Crippen MR) is 117 cm³/mol. The summed E-state index contributed by atoms with van der Waals surface area (Å²) in [4.78, 5) is 31.3. The van der Waals surface area contributed by atoms with E-state index in [9.17, 15) is 9.59 Å². The first-order valence-corrected chi connectivity index (χ1v) is 11.4. The molecule has 1 aromatic carbocycles. The van der Waals surface area contributed by atoms with Crippen LogP contribution in [0.4, 0.5) is 10.8 Å². The van der Waals surface area contributed by atoms with E-state index >= 15 is 0 Å². The smallest absolute Gasteiger partial charge is 0.262 e. The zero-order valence-corrected chi connectivity index (χ0v) is 17.8. The topological polar surface area (TPSA) is 80.3 Å². The second-order valence-electron chi connectivity index (χ2n) is 7.13. The number of carbonyl (C=O) groups is 2. The van der Waals surface area contributed by atoms with Gasteiger partial charge in [-0.05, 0) is 37.1 Å². The molecule has 0 saturated heterocycles. The van der Waals surface area contributed by atoms with Gasteiger partial charge in [0.2, 0.25) is 5.91 Å². The Morgan fingerprint density at radius 3 is 2.59 bits per heavy atom. The number of thioether (sulfide) groups is 1. The molecule has 0 radical (unpaired) electrons. The number of hydrogen-bond acceptors (Lipinski definition) is 6. The molecular formula is C21H23N3O3S2. The molecule has 29 heavy (non-hydrogen) atoms. The summed E-state index contributed by atoms with van der Waals surface area (Å²) in [6, 6.07) is 7.21. The van der Waals surface area contributed by atoms with Crippen LogP contribution in [0.25, 0.3) is 0 Å². The minimum Gasteiger partial charge on any atom is -0.497 e. The number of carbonyl (C=O) groups excluding carboxylic acids is 2. The lowest BCUT2D eigenvalue weighted by atomic mass is 9.89. The third-order valence-corrected chi connectivity index (χ3v) is 7.34. The van der Waals surface area contributed by atoms with Gasteiger partial charge in [0.15, 0.2) is 5.13 Å². The molecule has 0 atom stereocenters.